The van der Waals surface area contributed by atoms with Crippen molar-refractivity contribution >= 4 is 85.2 Å². The minimum absolute atomic E-state index is 0. The number of nitrogens with two attached hydrogens (primary N) is 1. The molecule has 7 aromatic rings. The molecule has 0 unspecified atom stereocenters. The Bertz CT molecular complexity index is 2000. The number of benzene rings is 5. The summed E-state index contributed by atoms with van der Waals surface area (Å²) >= 11 is 7.33. The van der Waals surface area contributed by atoms with E-state index in [9.17, 15) is 0 Å². The smallest absolute Gasteiger partial charge is 0.146 e. The number of ether oxygens (including phenoxy) is 2. The van der Waals surface area contributed by atoms with Crippen LogP contribution in [0.4, 0.5) is 5.69 Å². The quantitative estimate of drug-likeness (QED) is 0.0789. The molecule has 2 aromatic heterocycles. The monoisotopic (exact) mass is 810 g/mol. The Kier molecular flexibility index (Phi) is 24.0. The Morgan fingerprint density at radius 3 is 1.41 bits per heavy atom. The second-order valence-electron chi connectivity index (χ2n) is 12.4. The van der Waals surface area contributed by atoms with Gasteiger partial charge >= 0.3 is 0 Å². The number of hydrogen-bond acceptors (Lipinski definition) is 10. The molecular weight excluding hydrogens is 753 g/mol. The van der Waals surface area contributed by atoms with E-state index >= 15 is 0 Å². The lowest BCUT2D eigenvalue weighted by Gasteiger charge is -2.13. The van der Waals surface area contributed by atoms with E-state index in [-0.39, 0.29) is 20.9 Å². The fourth-order valence-corrected chi connectivity index (χ4v) is 5.82. The molecule has 1 aliphatic rings. The minimum atomic E-state index is 0. The van der Waals surface area contributed by atoms with Crippen molar-refractivity contribution < 1.29 is 9.47 Å². The maximum Gasteiger partial charge on any atom is 0.146 e. The van der Waals surface area contributed by atoms with Gasteiger partial charge in [0, 0.05) is 63.7 Å². The number of fused-ring (bicyclic) bond motifs is 4. The highest BCUT2D eigenvalue weighted by Gasteiger charge is 2.11. The molecule has 0 spiro atoms. The van der Waals surface area contributed by atoms with E-state index in [4.69, 9.17) is 25.2 Å². The predicted molar refractivity (Wildman–Crippen MR) is 252 cm³/mol. The number of pyridine rings is 2. The highest BCUT2D eigenvalue weighted by atomic mass is 32.8. The molecule has 0 aliphatic carbocycles. The second kappa shape index (κ2) is 28.1. The van der Waals surface area contributed by atoms with Crippen LogP contribution in [0.25, 0.3) is 43.6 Å². The zero-order valence-electron chi connectivity index (χ0n) is 31.8. The number of anilines is 1. The van der Waals surface area contributed by atoms with Crippen molar-refractivity contribution in [1.82, 2.24) is 20.6 Å². The maximum absolute atomic E-state index is 6.16. The largest absolute Gasteiger partial charge is 0.456 e. The van der Waals surface area contributed by atoms with E-state index in [2.05, 4.69) is 74.7 Å². The van der Waals surface area contributed by atoms with Gasteiger partial charge in [0.05, 0.1) is 27.8 Å². The summed E-state index contributed by atoms with van der Waals surface area (Å²) in [6.45, 7) is 5.81. The van der Waals surface area contributed by atoms with Crippen LogP contribution in [0.15, 0.2) is 127 Å². The molecule has 0 bridgehead atoms. The summed E-state index contributed by atoms with van der Waals surface area (Å²) < 4.78 is 11.1. The normalized spacial score (nSPS) is 11.2. The summed E-state index contributed by atoms with van der Waals surface area (Å²) in [5.41, 5.74) is 10.4. The molecule has 8 rings (SSSR count). The minimum Gasteiger partial charge on any atom is -0.456 e. The number of hydrogen-bond donors (Lipinski definition) is 4. The molecule has 11 heteroatoms. The van der Waals surface area contributed by atoms with Gasteiger partial charge in [-0.05, 0) is 108 Å². The number of nitrogens with one attached hydrogen (secondary N) is 3. The molecule has 3 heterocycles. The highest BCUT2D eigenvalue weighted by Crippen LogP contribution is 2.36. The van der Waals surface area contributed by atoms with Crippen LogP contribution in [0.1, 0.15) is 33.1 Å². The molecule has 56 heavy (non-hydrogen) atoms. The van der Waals surface area contributed by atoms with Crippen LogP contribution in [0, 0.1) is 0 Å². The van der Waals surface area contributed by atoms with Crippen LogP contribution in [-0.4, -0.2) is 63.5 Å². The van der Waals surface area contributed by atoms with Gasteiger partial charge in [-0.15, -0.1) is 0 Å². The third kappa shape index (κ3) is 14.6. The molecule has 298 valence electrons. The first-order valence-electron chi connectivity index (χ1n) is 18.5. The molecule has 5 aromatic carbocycles. The topological polar surface area (TPSA) is 106 Å². The van der Waals surface area contributed by atoms with Gasteiger partial charge < -0.3 is 31.2 Å². The van der Waals surface area contributed by atoms with Crippen molar-refractivity contribution in [1.29, 1.82) is 0 Å². The summed E-state index contributed by atoms with van der Waals surface area (Å²) in [7, 11) is 3.91. The molecule has 5 N–H and O–H groups in total. The SMILES string of the molecule is C.C1CCOC1.CNCCCN.CNCCCNc1c2ccccc2nc2ccccc12.S.S=S.c1ccc(Oc2c3ccccc3nc3ccccc23)cc1. The molecule has 1 aliphatic heterocycles. The molecule has 0 amide bonds. The molecule has 1 saturated heterocycles. The molecular formula is C45H58N6O2S3. The summed E-state index contributed by atoms with van der Waals surface area (Å²) in [4.78, 5) is 9.43. The zero-order valence-corrected chi connectivity index (χ0v) is 34.4. The second-order valence-corrected chi connectivity index (χ2v) is 12.4. The number of aromatic nitrogens is 2. The Hall–Kier alpha value is -4.33. The summed E-state index contributed by atoms with van der Waals surface area (Å²) in [5, 5.41) is 14.2. The molecule has 8 nitrogen and oxygen atoms in total. The van der Waals surface area contributed by atoms with Gasteiger partial charge in [0.2, 0.25) is 0 Å². The molecule has 1 fully saturated rings. The van der Waals surface area contributed by atoms with Crippen molar-refractivity contribution in [3.8, 4) is 11.5 Å². The first-order chi connectivity index (χ1) is 26.7. The van der Waals surface area contributed by atoms with Crippen molar-refractivity contribution in [3.63, 3.8) is 0 Å². The van der Waals surface area contributed by atoms with E-state index < -0.39 is 0 Å². The van der Waals surface area contributed by atoms with Crippen LogP contribution >= 0.6 is 13.5 Å². The van der Waals surface area contributed by atoms with Crippen LogP contribution in [0.3, 0.4) is 0 Å². The summed E-state index contributed by atoms with van der Waals surface area (Å²) in [5.74, 6) is 1.70. The number of para-hydroxylation sites is 5. The third-order valence-corrected chi connectivity index (χ3v) is 8.45. The van der Waals surface area contributed by atoms with Gasteiger partial charge in [-0.2, -0.15) is 13.5 Å². The molecule has 0 saturated carbocycles. The average Bonchev–Trinajstić information content (AvgIpc) is 3.84. The van der Waals surface area contributed by atoms with Crippen molar-refractivity contribution in [2.45, 2.75) is 33.1 Å². The number of nitrogens with zero attached hydrogens (tertiary/aromatic N) is 2. The van der Waals surface area contributed by atoms with Crippen molar-refractivity contribution in [3.05, 3.63) is 127 Å². The standard InChI is InChI=1S/C19H13NO.C17H19N3.C4H12N2.C4H8O.CH4.S2.H2S/c1-2-8-14(9-3-1)21-19-15-10-4-6-12-17(15)20-18-13-7-5-11-16(18)19;1-18-11-6-12-19-17-13-7-2-4-9-15(13)20-16-10-5-3-8-14(16)17;1-6-4-2-3-5;1-2-4-5-3-1;;1-2;/h1-13H;2-5,7-10,18H,6,11-12H2,1H3,(H,19,20);6H,2-5H2,1H3;1-4H2;1H4;;1H2. The van der Waals surface area contributed by atoms with Crippen molar-refractivity contribution in [2.24, 2.45) is 5.73 Å². The fourth-order valence-electron chi connectivity index (χ4n) is 5.82. The van der Waals surface area contributed by atoms with E-state index in [1.807, 2.05) is 105 Å². The Morgan fingerprint density at radius 2 is 1.00 bits per heavy atom. The Morgan fingerprint density at radius 1 is 0.589 bits per heavy atom. The summed E-state index contributed by atoms with van der Waals surface area (Å²) in [6.07, 6.45) is 4.73. The van der Waals surface area contributed by atoms with E-state index in [1.54, 1.807) is 0 Å². The van der Waals surface area contributed by atoms with Gasteiger partial charge in [-0.1, -0.05) is 86.3 Å². The van der Waals surface area contributed by atoms with Crippen LogP contribution in [-0.2, 0) is 27.1 Å². The Labute approximate surface area is 350 Å². The lowest BCUT2D eigenvalue weighted by Crippen LogP contribution is -2.13. The first kappa shape index (κ1) is 47.8. The molecule has 0 atom stereocenters. The lowest BCUT2D eigenvalue weighted by atomic mass is 10.1. The van der Waals surface area contributed by atoms with E-state index in [0.717, 1.165) is 96.6 Å². The summed E-state index contributed by atoms with van der Waals surface area (Å²) in [6, 6.07) is 42.6. The van der Waals surface area contributed by atoms with Gasteiger partial charge in [0.15, 0.2) is 0 Å². The predicted octanol–water partition coefficient (Wildman–Crippen LogP) is 9.69. The third-order valence-electron chi connectivity index (χ3n) is 8.45. The highest BCUT2D eigenvalue weighted by molar-refractivity contribution is 8.07. The maximum atomic E-state index is 6.16. The van der Waals surface area contributed by atoms with Crippen molar-refractivity contribution in [2.75, 3.05) is 58.8 Å². The van der Waals surface area contributed by atoms with Gasteiger partial charge in [-0.3, -0.25) is 0 Å². The molecule has 0 radical (unpaired) electrons. The van der Waals surface area contributed by atoms with Crippen LogP contribution in [0.5, 0.6) is 11.5 Å². The Balaban J connectivity index is 0.000000288. The number of rotatable bonds is 10. The average molecular weight is 811 g/mol. The van der Waals surface area contributed by atoms with Gasteiger partial charge in [-0.25, -0.2) is 9.97 Å². The van der Waals surface area contributed by atoms with E-state index in [0.29, 0.717) is 0 Å². The van der Waals surface area contributed by atoms with Crippen LogP contribution < -0.4 is 26.4 Å². The van der Waals surface area contributed by atoms with Crippen LogP contribution in [0.2, 0.25) is 0 Å². The van der Waals surface area contributed by atoms with Gasteiger partial charge in [0.25, 0.3) is 0 Å². The lowest BCUT2D eigenvalue weighted by molar-refractivity contribution is 0.198. The zero-order chi connectivity index (χ0) is 38.2. The first-order valence-corrected chi connectivity index (χ1v) is 19.8. The fraction of sp³-hybridized carbons (Fsp3) is 0.289. The van der Waals surface area contributed by atoms with Gasteiger partial charge in [0.1, 0.15) is 11.5 Å². The van der Waals surface area contributed by atoms with E-state index in [1.165, 1.54) is 29.3 Å².